The Balaban J connectivity index is 1.91. The number of ether oxygens (including phenoxy) is 1. The van der Waals surface area contributed by atoms with Crippen molar-refractivity contribution in [3.63, 3.8) is 0 Å². The highest BCUT2D eigenvalue weighted by Gasteiger charge is 2.18. The standard InChI is InChI=1S/C17H28N4O/c1-13(2)11-20-17(18-3)21-12-14-7-6-10-19-16(14)22-15-8-4-5-9-15/h6-7,10,13,15H,4-5,8-9,11-12H2,1-3H3,(H2,18,20,21). The van der Waals surface area contributed by atoms with Gasteiger partial charge in [0.25, 0.3) is 0 Å². The molecular formula is C17H28N4O. The van der Waals surface area contributed by atoms with E-state index < -0.39 is 0 Å². The molecule has 5 heteroatoms. The average molecular weight is 304 g/mol. The van der Waals surface area contributed by atoms with Gasteiger partial charge in [0.05, 0.1) is 0 Å². The van der Waals surface area contributed by atoms with Crippen LogP contribution in [0.5, 0.6) is 5.88 Å². The van der Waals surface area contributed by atoms with E-state index in [2.05, 4.69) is 40.5 Å². The number of rotatable bonds is 6. The highest BCUT2D eigenvalue weighted by Crippen LogP contribution is 2.24. The maximum atomic E-state index is 6.06. The molecule has 0 unspecified atom stereocenters. The number of pyridine rings is 1. The van der Waals surface area contributed by atoms with E-state index in [1.54, 1.807) is 13.2 Å². The molecule has 2 rings (SSSR count). The van der Waals surface area contributed by atoms with Crippen molar-refractivity contribution < 1.29 is 4.74 Å². The van der Waals surface area contributed by atoms with Gasteiger partial charge < -0.3 is 15.4 Å². The largest absolute Gasteiger partial charge is 0.474 e. The van der Waals surface area contributed by atoms with Gasteiger partial charge in [0.2, 0.25) is 5.88 Å². The Morgan fingerprint density at radius 1 is 1.36 bits per heavy atom. The van der Waals surface area contributed by atoms with Crippen LogP contribution in [-0.4, -0.2) is 30.6 Å². The molecule has 0 radical (unpaired) electrons. The Bertz CT molecular complexity index is 481. The summed E-state index contributed by atoms with van der Waals surface area (Å²) in [5.74, 6) is 2.14. The lowest BCUT2D eigenvalue weighted by Gasteiger charge is -2.17. The van der Waals surface area contributed by atoms with E-state index in [1.165, 1.54) is 12.8 Å². The van der Waals surface area contributed by atoms with Crippen LogP contribution in [0.15, 0.2) is 23.3 Å². The molecule has 1 aromatic rings. The number of hydrogen-bond donors (Lipinski definition) is 2. The number of nitrogens with one attached hydrogen (secondary N) is 2. The second-order valence-electron chi connectivity index (χ2n) is 6.19. The Morgan fingerprint density at radius 2 is 2.14 bits per heavy atom. The van der Waals surface area contributed by atoms with Crippen LogP contribution in [0.4, 0.5) is 0 Å². The SMILES string of the molecule is CN=C(NCc1cccnc1OC1CCCC1)NCC(C)C. The van der Waals surface area contributed by atoms with Crippen LogP contribution in [-0.2, 0) is 6.54 Å². The first-order valence-electron chi connectivity index (χ1n) is 8.24. The third-order valence-corrected chi connectivity index (χ3v) is 3.78. The minimum Gasteiger partial charge on any atom is -0.474 e. The molecular weight excluding hydrogens is 276 g/mol. The maximum Gasteiger partial charge on any atom is 0.218 e. The first kappa shape index (κ1) is 16.6. The number of guanidine groups is 1. The first-order chi connectivity index (χ1) is 10.7. The quantitative estimate of drug-likeness (QED) is 0.627. The highest BCUT2D eigenvalue weighted by atomic mass is 16.5. The second-order valence-corrected chi connectivity index (χ2v) is 6.19. The van der Waals surface area contributed by atoms with Crippen LogP contribution in [0.1, 0.15) is 45.1 Å². The first-order valence-corrected chi connectivity index (χ1v) is 8.24. The lowest BCUT2D eigenvalue weighted by Crippen LogP contribution is -2.38. The zero-order valence-corrected chi connectivity index (χ0v) is 13.9. The topological polar surface area (TPSA) is 58.5 Å². The summed E-state index contributed by atoms with van der Waals surface area (Å²) in [4.78, 5) is 8.64. The predicted octanol–water partition coefficient (Wildman–Crippen LogP) is 2.72. The zero-order valence-electron chi connectivity index (χ0n) is 13.9. The molecule has 1 fully saturated rings. The number of aliphatic imine (C=N–C) groups is 1. The normalized spacial score (nSPS) is 16.1. The van der Waals surface area contributed by atoms with Gasteiger partial charge in [-0.3, -0.25) is 4.99 Å². The van der Waals surface area contributed by atoms with Gasteiger partial charge in [0.15, 0.2) is 5.96 Å². The summed E-state index contributed by atoms with van der Waals surface area (Å²) in [6, 6.07) is 4.00. The minimum absolute atomic E-state index is 0.326. The molecule has 5 nitrogen and oxygen atoms in total. The summed E-state index contributed by atoms with van der Waals surface area (Å²) >= 11 is 0. The van der Waals surface area contributed by atoms with Gasteiger partial charge in [-0.1, -0.05) is 19.9 Å². The second kappa shape index (κ2) is 8.61. The fourth-order valence-corrected chi connectivity index (χ4v) is 2.53. The third-order valence-electron chi connectivity index (χ3n) is 3.78. The van der Waals surface area contributed by atoms with Crippen LogP contribution in [0.25, 0.3) is 0 Å². The van der Waals surface area contributed by atoms with Crippen molar-refractivity contribution in [3.8, 4) is 5.88 Å². The Hall–Kier alpha value is -1.78. The summed E-state index contributed by atoms with van der Waals surface area (Å²) in [6.07, 6.45) is 6.92. The van der Waals surface area contributed by atoms with E-state index in [0.717, 1.165) is 36.8 Å². The molecule has 2 N–H and O–H groups in total. The summed E-state index contributed by atoms with van der Waals surface area (Å²) in [5, 5.41) is 6.63. The van der Waals surface area contributed by atoms with Gasteiger partial charge in [0.1, 0.15) is 6.10 Å². The van der Waals surface area contributed by atoms with E-state index in [1.807, 2.05) is 6.07 Å². The average Bonchev–Trinajstić information content (AvgIpc) is 3.01. The van der Waals surface area contributed by atoms with Crippen molar-refractivity contribution in [3.05, 3.63) is 23.9 Å². The van der Waals surface area contributed by atoms with Crippen molar-refractivity contribution in [1.29, 1.82) is 0 Å². The molecule has 1 heterocycles. The maximum absolute atomic E-state index is 6.06. The van der Waals surface area contributed by atoms with Gasteiger partial charge in [-0.25, -0.2) is 4.98 Å². The molecule has 0 atom stereocenters. The highest BCUT2D eigenvalue weighted by molar-refractivity contribution is 5.79. The minimum atomic E-state index is 0.326. The molecule has 0 aromatic carbocycles. The summed E-state index contributed by atoms with van der Waals surface area (Å²) < 4.78 is 6.06. The van der Waals surface area contributed by atoms with Crippen molar-refractivity contribution in [2.45, 2.75) is 52.2 Å². The predicted molar refractivity (Wildman–Crippen MR) is 90.2 cm³/mol. The van der Waals surface area contributed by atoms with E-state index in [0.29, 0.717) is 18.6 Å². The number of hydrogen-bond acceptors (Lipinski definition) is 3. The van der Waals surface area contributed by atoms with Crippen molar-refractivity contribution in [2.24, 2.45) is 10.9 Å². The molecule has 122 valence electrons. The van der Waals surface area contributed by atoms with E-state index in [9.17, 15) is 0 Å². The molecule has 0 bridgehead atoms. The monoisotopic (exact) mass is 304 g/mol. The molecule has 0 spiro atoms. The molecule has 1 aliphatic rings. The summed E-state index contributed by atoms with van der Waals surface area (Å²) in [7, 11) is 1.79. The fraction of sp³-hybridized carbons (Fsp3) is 0.647. The van der Waals surface area contributed by atoms with Crippen LogP contribution < -0.4 is 15.4 Å². The lowest BCUT2D eigenvalue weighted by molar-refractivity contribution is 0.199. The number of nitrogens with zero attached hydrogens (tertiary/aromatic N) is 2. The molecule has 22 heavy (non-hydrogen) atoms. The molecule has 1 saturated carbocycles. The Morgan fingerprint density at radius 3 is 2.82 bits per heavy atom. The fourth-order valence-electron chi connectivity index (χ4n) is 2.53. The van der Waals surface area contributed by atoms with Crippen molar-refractivity contribution >= 4 is 5.96 Å². The van der Waals surface area contributed by atoms with Gasteiger partial charge >= 0.3 is 0 Å². The molecule has 1 aliphatic carbocycles. The Kier molecular flexibility index (Phi) is 6.49. The van der Waals surface area contributed by atoms with Gasteiger partial charge in [0, 0.05) is 31.9 Å². The van der Waals surface area contributed by atoms with Gasteiger partial charge in [-0.15, -0.1) is 0 Å². The van der Waals surface area contributed by atoms with Crippen LogP contribution in [0, 0.1) is 5.92 Å². The lowest BCUT2D eigenvalue weighted by atomic mass is 10.2. The third kappa shape index (κ3) is 5.20. The van der Waals surface area contributed by atoms with Gasteiger partial charge in [-0.2, -0.15) is 0 Å². The van der Waals surface area contributed by atoms with E-state index in [4.69, 9.17) is 4.74 Å². The van der Waals surface area contributed by atoms with E-state index >= 15 is 0 Å². The molecule has 0 amide bonds. The summed E-state index contributed by atoms with van der Waals surface area (Å²) in [6.45, 7) is 5.91. The van der Waals surface area contributed by atoms with Crippen LogP contribution in [0.3, 0.4) is 0 Å². The smallest absolute Gasteiger partial charge is 0.218 e. The van der Waals surface area contributed by atoms with Crippen LogP contribution >= 0.6 is 0 Å². The Labute approximate surface area is 133 Å². The van der Waals surface area contributed by atoms with Crippen molar-refractivity contribution in [2.75, 3.05) is 13.6 Å². The van der Waals surface area contributed by atoms with Crippen molar-refractivity contribution in [1.82, 2.24) is 15.6 Å². The van der Waals surface area contributed by atoms with E-state index in [-0.39, 0.29) is 0 Å². The van der Waals surface area contributed by atoms with Gasteiger partial charge in [-0.05, 0) is 37.7 Å². The zero-order chi connectivity index (χ0) is 15.8. The molecule has 0 saturated heterocycles. The van der Waals surface area contributed by atoms with Crippen LogP contribution in [0.2, 0.25) is 0 Å². The molecule has 0 aliphatic heterocycles. The number of aromatic nitrogens is 1. The summed E-state index contributed by atoms with van der Waals surface area (Å²) in [5.41, 5.74) is 1.07. The molecule has 1 aromatic heterocycles.